The summed E-state index contributed by atoms with van der Waals surface area (Å²) < 4.78 is 6.33. The summed E-state index contributed by atoms with van der Waals surface area (Å²) in [4.78, 5) is 35.9. The highest BCUT2D eigenvalue weighted by Crippen LogP contribution is 2.22. The second-order valence-corrected chi connectivity index (χ2v) is 6.14. The van der Waals surface area contributed by atoms with Gasteiger partial charge in [-0.25, -0.2) is 9.59 Å². The van der Waals surface area contributed by atoms with Gasteiger partial charge in [-0.2, -0.15) is 0 Å². The minimum atomic E-state index is -1.12. The zero-order valence-corrected chi connectivity index (χ0v) is 14.6. The summed E-state index contributed by atoms with van der Waals surface area (Å²) >= 11 is 0. The predicted molar refractivity (Wildman–Crippen MR) is 96.7 cm³/mol. The van der Waals surface area contributed by atoms with Crippen molar-refractivity contribution in [3.8, 4) is 0 Å². The highest BCUT2D eigenvalue weighted by Gasteiger charge is 2.22. The maximum absolute atomic E-state index is 12.6. The minimum absolute atomic E-state index is 0.00545. The number of carbonyl (C=O) groups excluding carboxylic acids is 1. The first-order valence-electron chi connectivity index (χ1n) is 8.05. The number of aromatic nitrogens is 1. The Hall–Kier alpha value is -3.35. The third kappa shape index (κ3) is 2.99. The van der Waals surface area contributed by atoms with Crippen LogP contribution in [0.2, 0.25) is 0 Å². The van der Waals surface area contributed by atoms with Crippen LogP contribution in [0, 0.1) is 13.8 Å². The normalized spacial score (nSPS) is 12.1. The topological polar surface area (TPSA) is 102 Å². The second kappa shape index (κ2) is 6.51. The number of hydrogen-bond donors (Lipinski definition) is 2. The smallest absolute Gasteiger partial charge is 0.420 e. The van der Waals surface area contributed by atoms with Crippen molar-refractivity contribution in [3.63, 3.8) is 0 Å². The molecule has 0 spiro atoms. The van der Waals surface area contributed by atoms with E-state index in [0.717, 1.165) is 11.1 Å². The van der Waals surface area contributed by atoms with Crippen LogP contribution in [-0.4, -0.2) is 21.6 Å². The van der Waals surface area contributed by atoms with E-state index in [1.807, 2.05) is 26.0 Å². The minimum Gasteiger partial charge on any atom is -0.478 e. The van der Waals surface area contributed by atoms with Crippen LogP contribution in [0.25, 0.3) is 11.1 Å². The molecule has 0 radical (unpaired) electrons. The molecule has 0 aliphatic carbocycles. The van der Waals surface area contributed by atoms with Gasteiger partial charge >= 0.3 is 11.7 Å². The Morgan fingerprint density at radius 3 is 2.62 bits per heavy atom. The lowest BCUT2D eigenvalue weighted by Crippen LogP contribution is -2.29. The fourth-order valence-electron chi connectivity index (χ4n) is 2.78. The van der Waals surface area contributed by atoms with E-state index in [0.29, 0.717) is 11.2 Å². The molecule has 1 amide bonds. The molecule has 3 aromatic rings. The molecule has 0 bridgehead atoms. The van der Waals surface area contributed by atoms with Gasteiger partial charge in [-0.15, -0.1) is 0 Å². The van der Waals surface area contributed by atoms with Crippen LogP contribution in [0.5, 0.6) is 0 Å². The standard InChI is InChI=1S/C19H18N2O5/c1-10-5-4-6-14(11(10)2)20-17(22)12(3)21-15-8-7-13(18(23)24)9-16(15)26-19(21)25/h4-9,12H,1-3H3,(H,20,22)(H,23,24). The molecule has 1 atom stereocenters. The quantitative estimate of drug-likeness (QED) is 0.749. The lowest BCUT2D eigenvalue weighted by Gasteiger charge is -2.15. The zero-order chi connectivity index (χ0) is 19.0. The summed E-state index contributed by atoms with van der Waals surface area (Å²) in [6.45, 7) is 5.44. The van der Waals surface area contributed by atoms with Gasteiger partial charge in [0.1, 0.15) is 6.04 Å². The largest absolute Gasteiger partial charge is 0.478 e. The van der Waals surface area contributed by atoms with Crippen molar-refractivity contribution in [2.24, 2.45) is 0 Å². The maximum atomic E-state index is 12.6. The summed E-state index contributed by atoms with van der Waals surface area (Å²) in [5.41, 5.74) is 3.16. The number of carboxylic acid groups (broad SMARTS) is 1. The molecule has 2 aromatic carbocycles. The van der Waals surface area contributed by atoms with Crippen LogP contribution in [0.15, 0.2) is 45.6 Å². The molecule has 0 aliphatic rings. The third-order valence-electron chi connectivity index (χ3n) is 4.49. The summed E-state index contributed by atoms with van der Waals surface area (Å²) in [7, 11) is 0. The number of hydrogen-bond acceptors (Lipinski definition) is 4. The molecule has 1 heterocycles. The van der Waals surface area contributed by atoms with Gasteiger partial charge in [0.25, 0.3) is 0 Å². The van der Waals surface area contributed by atoms with Gasteiger partial charge in [0.05, 0.1) is 11.1 Å². The molecule has 7 heteroatoms. The molecule has 0 fully saturated rings. The zero-order valence-electron chi connectivity index (χ0n) is 14.6. The van der Waals surface area contributed by atoms with Gasteiger partial charge in [-0.3, -0.25) is 9.36 Å². The first-order valence-corrected chi connectivity index (χ1v) is 8.05. The van der Waals surface area contributed by atoms with E-state index in [4.69, 9.17) is 9.52 Å². The first-order chi connectivity index (χ1) is 12.3. The van der Waals surface area contributed by atoms with Crippen LogP contribution in [-0.2, 0) is 4.79 Å². The fraction of sp³-hybridized carbons (Fsp3) is 0.211. The summed E-state index contributed by atoms with van der Waals surface area (Å²) in [5, 5.41) is 11.9. The Labute approximate surface area is 148 Å². The molecule has 1 aromatic heterocycles. The van der Waals surface area contributed by atoms with E-state index >= 15 is 0 Å². The number of nitrogens with one attached hydrogen (secondary N) is 1. The Morgan fingerprint density at radius 1 is 1.19 bits per heavy atom. The molecule has 134 valence electrons. The summed E-state index contributed by atoms with van der Waals surface area (Å²) in [5.74, 6) is -2.21. The highest BCUT2D eigenvalue weighted by atomic mass is 16.4. The van der Waals surface area contributed by atoms with Crippen molar-refractivity contribution in [3.05, 3.63) is 63.6 Å². The number of nitrogens with zero attached hydrogens (tertiary/aromatic N) is 1. The van der Waals surface area contributed by atoms with Gasteiger partial charge in [0.15, 0.2) is 5.58 Å². The average molecular weight is 354 g/mol. The van der Waals surface area contributed by atoms with Crippen LogP contribution >= 0.6 is 0 Å². The molecule has 26 heavy (non-hydrogen) atoms. The molecule has 3 rings (SSSR count). The van der Waals surface area contributed by atoms with E-state index in [1.165, 1.54) is 22.8 Å². The number of carbonyl (C=O) groups is 2. The Balaban J connectivity index is 1.96. The number of fused-ring (bicyclic) bond motifs is 1. The molecule has 1 unspecified atom stereocenters. The number of oxazole rings is 1. The lowest BCUT2D eigenvalue weighted by molar-refractivity contribution is -0.118. The predicted octanol–water partition coefficient (Wildman–Crippen LogP) is 3.11. The third-order valence-corrected chi connectivity index (χ3v) is 4.49. The number of rotatable bonds is 4. The highest BCUT2D eigenvalue weighted by molar-refractivity contribution is 5.96. The number of amides is 1. The number of aryl methyl sites for hydroxylation is 1. The van der Waals surface area contributed by atoms with Gasteiger partial charge in [-0.05, 0) is 56.2 Å². The van der Waals surface area contributed by atoms with Crippen molar-refractivity contribution in [2.45, 2.75) is 26.8 Å². The Morgan fingerprint density at radius 2 is 1.92 bits per heavy atom. The molecular weight excluding hydrogens is 336 g/mol. The monoisotopic (exact) mass is 354 g/mol. The summed E-state index contributed by atoms with van der Waals surface area (Å²) in [6.07, 6.45) is 0. The van der Waals surface area contributed by atoms with Crippen LogP contribution in [0.1, 0.15) is 34.5 Å². The van der Waals surface area contributed by atoms with Gasteiger partial charge < -0.3 is 14.8 Å². The first kappa shape index (κ1) is 17.5. The maximum Gasteiger partial charge on any atom is 0.420 e. The van der Waals surface area contributed by atoms with Crippen LogP contribution < -0.4 is 11.1 Å². The van der Waals surface area contributed by atoms with Crippen molar-refractivity contribution < 1.29 is 19.1 Å². The Bertz CT molecular complexity index is 1080. The van der Waals surface area contributed by atoms with Crippen molar-refractivity contribution in [1.82, 2.24) is 4.57 Å². The molecule has 0 saturated heterocycles. The Kier molecular flexibility index (Phi) is 4.38. The summed E-state index contributed by atoms with van der Waals surface area (Å²) in [6, 6.07) is 8.85. The SMILES string of the molecule is Cc1cccc(NC(=O)C(C)n2c(=O)oc3cc(C(=O)O)ccc32)c1C. The van der Waals surface area contributed by atoms with Crippen molar-refractivity contribution in [1.29, 1.82) is 0 Å². The average Bonchev–Trinajstić information content (AvgIpc) is 2.92. The fourth-order valence-corrected chi connectivity index (χ4v) is 2.78. The number of aromatic carboxylic acids is 1. The second-order valence-electron chi connectivity index (χ2n) is 6.14. The van der Waals surface area contributed by atoms with E-state index in [1.54, 1.807) is 13.0 Å². The van der Waals surface area contributed by atoms with Crippen LogP contribution in [0.3, 0.4) is 0 Å². The molecule has 2 N–H and O–H groups in total. The van der Waals surface area contributed by atoms with Gasteiger partial charge in [-0.1, -0.05) is 12.1 Å². The van der Waals surface area contributed by atoms with E-state index in [-0.39, 0.29) is 17.1 Å². The molecular formula is C19H18N2O5. The number of anilines is 1. The molecule has 7 nitrogen and oxygen atoms in total. The van der Waals surface area contributed by atoms with Gasteiger partial charge in [0.2, 0.25) is 5.91 Å². The van der Waals surface area contributed by atoms with E-state index in [2.05, 4.69) is 5.32 Å². The number of carboxylic acids is 1. The van der Waals surface area contributed by atoms with Crippen molar-refractivity contribution >= 4 is 28.7 Å². The molecule has 0 aliphatic heterocycles. The van der Waals surface area contributed by atoms with Gasteiger partial charge in [0, 0.05) is 5.69 Å². The number of benzene rings is 2. The molecule has 0 saturated carbocycles. The van der Waals surface area contributed by atoms with Crippen molar-refractivity contribution in [2.75, 3.05) is 5.32 Å². The van der Waals surface area contributed by atoms with E-state index < -0.39 is 17.8 Å². The lowest BCUT2D eigenvalue weighted by atomic mass is 10.1. The van der Waals surface area contributed by atoms with Crippen LogP contribution in [0.4, 0.5) is 5.69 Å². The van der Waals surface area contributed by atoms with E-state index in [9.17, 15) is 14.4 Å².